The first kappa shape index (κ1) is 27.2. The van der Waals surface area contributed by atoms with Gasteiger partial charge in [0.2, 0.25) is 11.8 Å². The molecule has 37 heavy (non-hydrogen) atoms. The molecular weight excluding hydrogens is 540 g/mol. The SMILES string of the molecule is CCOc1cc(C=NNC(=O)CC(=O)Nc2ccccc2OC)cc(Br)c1OCc1ccccc1C#N. The molecule has 0 bridgehead atoms. The van der Waals surface area contributed by atoms with Crippen LogP contribution in [0.2, 0.25) is 0 Å². The van der Waals surface area contributed by atoms with Crippen LogP contribution >= 0.6 is 15.9 Å². The highest BCUT2D eigenvalue weighted by Crippen LogP contribution is 2.37. The normalized spacial score (nSPS) is 10.4. The maximum atomic E-state index is 12.2. The summed E-state index contributed by atoms with van der Waals surface area (Å²) in [7, 11) is 1.49. The number of nitrogens with zero attached hydrogens (tertiary/aromatic N) is 2. The lowest BCUT2D eigenvalue weighted by Crippen LogP contribution is -2.24. The minimum absolute atomic E-state index is 0.183. The number of halogens is 1. The van der Waals surface area contributed by atoms with Gasteiger partial charge < -0.3 is 19.5 Å². The molecule has 190 valence electrons. The number of nitriles is 1. The van der Waals surface area contributed by atoms with Crippen molar-refractivity contribution in [1.29, 1.82) is 5.26 Å². The number of carbonyl (C=O) groups is 2. The number of anilines is 1. The monoisotopic (exact) mass is 564 g/mol. The zero-order valence-electron chi connectivity index (χ0n) is 20.3. The second-order valence-electron chi connectivity index (χ2n) is 7.54. The molecule has 0 fully saturated rings. The highest BCUT2D eigenvalue weighted by atomic mass is 79.9. The standard InChI is InChI=1S/C27H25BrN4O5/c1-3-36-24-13-18(12-21(28)27(24)37-17-20-9-5-4-8-19(20)15-29)16-30-32-26(34)14-25(33)31-22-10-6-7-11-23(22)35-2/h4-13,16H,3,14,17H2,1-2H3,(H,31,33)(H,32,34). The topological polar surface area (TPSA) is 122 Å². The van der Waals surface area contributed by atoms with E-state index in [1.807, 2.05) is 19.1 Å². The molecule has 3 aromatic carbocycles. The molecule has 2 amide bonds. The number of benzene rings is 3. The molecule has 0 saturated heterocycles. The number of carbonyl (C=O) groups excluding carboxylic acids is 2. The van der Waals surface area contributed by atoms with Crippen LogP contribution in [0.5, 0.6) is 17.2 Å². The van der Waals surface area contributed by atoms with Gasteiger partial charge in [-0.25, -0.2) is 5.43 Å². The van der Waals surface area contributed by atoms with E-state index in [1.54, 1.807) is 48.5 Å². The third-order valence-corrected chi connectivity index (χ3v) is 5.54. The van der Waals surface area contributed by atoms with Crippen molar-refractivity contribution in [2.45, 2.75) is 20.0 Å². The lowest BCUT2D eigenvalue weighted by Gasteiger charge is -2.15. The molecule has 0 aliphatic heterocycles. The molecule has 0 aromatic heterocycles. The largest absolute Gasteiger partial charge is 0.495 e. The summed E-state index contributed by atoms with van der Waals surface area (Å²) in [5.41, 5.74) is 4.72. The Bertz CT molecular complexity index is 1340. The van der Waals surface area contributed by atoms with Gasteiger partial charge in [-0.2, -0.15) is 10.4 Å². The van der Waals surface area contributed by atoms with Crippen LogP contribution in [-0.4, -0.2) is 31.7 Å². The summed E-state index contributed by atoms with van der Waals surface area (Å²) in [5.74, 6) is 0.354. The maximum absolute atomic E-state index is 12.2. The Morgan fingerprint density at radius 3 is 2.57 bits per heavy atom. The van der Waals surface area contributed by atoms with Gasteiger partial charge in [0.05, 0.1) is 41.7 Å². The molecule has 0 heterocycles. The Labute approximate surface area is 223 Å². The summed E-state index contributed by atoms with van der Waals surface area (Å²) in [4.78, 5) is 24.4. The Kier molecular flexibility index (Phi) is 10.0. The summed E-state index contributed by atoms with van der Waals surface area (Å²) in [6.07, 6.45) is 1.01. The summed E-state index contributed by atoms with van der Waals surface area (Å²) in [6.45, 7) is 2.43. The van der Waals surface area contributed by atoms with Gasteiger partial charge in [0.25, 0.3) is 0 Å². The number of hydrogen-bond acceptors (Lipinski definition) is 7. The highest BCUT2D eigenvalue weighted by molar-refractivity contribution is 9.10. The molecule has 2 N–H and O–H groups in total. The summed E-state index contributed by atoms with van der Waals surface area (Å²) >= 11 is 3.49. The van der Waals surface area contributed by atoms with Gasteiger partial charge in [-0.05, 0) is 58.7 Å². The smallest absolute Gasteiger partial charge is 0.249 e. The zero-order chi connectivity index (χ0) is 26.6. The highest BCUT2D eigenvalue weighted by Gasteiger charge is 2.14. The summed E-state index contributed by atoms with van der Waals surface area (Å²) in [6, 6.07) is 19.7. The number of methoxy groups -OCH3 is 1. The van der Waals surface area contributed by atoms with Crippen molar-refractivity contribution in [2.75, 3.05) is 19.0 Å². The van der Waals surface area contributed by atoms with Crippen LogP contribution in [0.15, 0.2) is 70.2 Å². The van der Waals surface area contributed by atoms with Crippen molar-refractivity contribution < 1.29 is 23.8 Å². The first-order valence-corrected chi connectivity index (χ1v) is 12.1. The number of ether oxygens (including phenoxy) is 3. The Morgan fingerprint density at radius 2 is 1.81 bits per heavy atom. The summed E-state index contributed by atoms with van der Waals surface area (Å²) in [5, 5.41) is 15.9. The van der Waals surface area contributed by atoms with Gasteiger partial charge >= 0.3 is 0 Å². The Balaban J connectivity index is 1.62. The molecular formula is C27H25BrN4O5. The number of amides is 2. The Morgan fingerprint density at radius 1 is 1.05 bits per heavy atom. The molecule has 0 saturated carbocycles. The van der Waals surface area contributed by atoms with Crippen LogP contribution in [0.1, 0.15) is 30.0 Å². The van der Waals surface area contributed by atoms with E-state index in [1.165, 1.54) is 13.3 Å². The second-order valence-corrected chi connectivity index (χ2v) is 8.39. The van der Waals surface area contributed by atoms with E-state index in [4.69, 9.17) is 14.2 Å². The predicted octanol–water partition coefficient (Wildman–Crippen LogP) is 4.79. The first-order valence-electron chi connectivity index (χ1n) is 11.3. The minimum Gasteiger partial charge on any atom is -0.495 e. The van der Waals surface area contributed by atoms with Gasteiger partial charge in [-0.3, -0.25) is 9.59 Å². The third kappa shape index (κ3) is 7.81. The van der Waals surface area contributed by atoms with E-state index in [0.717, 1.165) is 5.56 Å². The van der Waals surface area contributed by atoms with E-state index in [-0.39, 0.29) is 6.61 Å². The molecule has 9 nitrogen and oxygen atoms in total. The van der Waals surface area contributed by atoms with Crippen LogP contribution in [0.4, 0.5) is 5.69 Å². The van der Waals surface area contributed by atoms with Crippen molar-refractivity contribution >= 4 is 39.6 Å². The van der Waals surface area contributed by atoms with Gasteiger partial charge in [-0.1, -0.05) is 30.3 Å². The molecule has 0 aliphatic rings. The zero-order valence-corrected chi connectivity index (χ0v) is 21.9. The van der Waals surface area contributed by atoms with E-state index in [0.29, 0.717) is 45.1 Å². The first-order chi connectivity index (χ1) is 17.9. The maximum Gasteiger partial charge on any atom is 0.249 e. The van der Waals surface area contributed by atoms with E-state index in [9.17, 15) is 14.9 Å². The average molecular weight is 565 g/mol. The lowest BCUT2D eigenvalue weighted by molar-refractivity contribution is -0.126. The fourth-order valence-corrected chi connectivity index (χ4v) is 3.85. The van der Waals surface area contributed by atoms with E-state index < -0.39 is 18.2 Å². The van der Waals surface area contributed by atoms with Gasteiger partial charge in [-0.15, -0.1) is 0 Å². The van der Waals surface area contributed by atoms with Crippen LogP contribution in [0.25, 0.3) is 0 Å². The second kappa shape index (κ2) is 13.7. The lowest BCUT2D eigenvalue weighted by atomic mass is 10.1. The quantitative estimate of drug-likeness (QED) is 0.196. The molecule has 0 spiro atoms. The number of para-hydroxylation sites is 2. The predicted molar refractivity (Wildman–Crippen MR) is 143 cm³/mol. The minimum atomic E-state index is -0.580. The number of hydrogen-bond donors (Lipinski definition) is 2. The summed E-state index contributed by atoms with van der Waals surface area (Å²) < 4.78 is 17.5. The number of hydrazone groups is 1. The molecule has 3 aromatic rings. The van der Waals surface area contributed by atoms with Crippen molar-refractivity contribution in [1.82, 2.24) is 5.43 Å². The number of rotatable bonds is 11. The average Bonchev–Trinajstić information content (AvgIpc) is 2.88. The van der Waals surface area contributed by atoms with Gasteiger partial charge in [0.1, 0.15) is 18.8 Å². The van der Waals surface area contributed by atoms with E-state index in [2.05, 4.69) is 37.8 Å². The fourth-order valence-electron chi connectivity index (χ4n) is 3.28. The third-order valence-electron chi connectivity index (χ3n) is 4.95. The molecule has 0 radical (unpaired) electrons. The van der Waals surface area contributed by atoms with Gasteiger partial charge in [0, 0.05) is 5.56 Å². The van der Waals surface area contributed by atoms with Crippen LogP contribution < -0.4 is 25.0 Å². The number of nitrogens with one attached hydrogen (secondary N) is 2. The van der Waals surface area contributed by atoms with Gasteiger partial charge in [0.15, 0.2) is 11.5 Å². The van der Waals surface area contributed by atoms with Crippen molar-refractivity contribution in [3.8, 4) is 23.3 Å². The van der Waals surface area contributed by atoms with Crippen molar-refractivity contribution in [3.05, 3.63) is 81.8 Å². The Hall–Kier alpha value is -4.36. The molecule has 3 rings (SSSR count). The van der Waals surface area contributed by atoms with Crippen LogP contribution in [0.3, 0.4) is 0 Å². The molecule has 0 aliphatic carbocycles. The molecule has 0 atom stereocenters. The van der Waals surface area contributed by atoms with Crippen molar-refractivity contribution in [2.24, 2.45) is 5.10 Å². The fraction of sp³-hybridized carbons (Fsp3) is 0.185. The van der Waals surface area contributed by atoms with Crippen molar-refractivity contribution in [3.63, 3.8) is 0 Å². The molecule has 0 unspecified atom stereocenters. The van der Waals surface area contributed by atoms with Crippen LogP contribution in [0, 0.1) is 11.3 Å². The van der Waals surface area contributed by atoms with Crippen LogP contribution in [-0.2, 0) is 16.2 Å². The van der Waals surface area contributed by atoms with E-state index >= 15 is 0 Å². The molecule has 10 heteroatoms.